The van der Waals surface area contributed by atoms with Crippen molar-refractivity contribution in [1.82, 2.24) is 33.8 Å². The van der Waals surface area contributed by atoms with Gasteiger partial charge in [0.25, 0.3) is 0 Å². The Morgan fingerprint density at radius 3 is 2.38 bits per heavy atom. The molecule has 0 aliphatic carbocycles. The Morgan fingerprint density at radius 2 is 1.69 bits per heavy atom. The number of aromatic hydroxyl groups is 2. The van der Waals surface area contributed by atoms with E-state index in [1.54, 1.807) is 11.0 Å². The molecule has 0 aliphatic heterocycles. The second-order valence-corrected chi connectivity index (χ2v) is 14.1. The second-order valence-electron chi connectivity index (χ2n) is 13.3. The SMILES string of the molecule is CCC(C(=O)N(C)CCn1ccc2cc(-n3c(-c4cc(C(C)C)c(O)cc4O)n[nH]c3=O)ccc21)c1nc2cc(N(CCCl)CCCl)ccc2n1C. The largest absolute Gasteiger partial charge is 0.508 e. The Morgan fingerprint density at radius 1 is 0.962 bits per heavy atom. The Balaban J connectivity index is 1.20. The summed E-state index contributed by atoms with van der Waals surface area (Å²) in [4.78, 5) is 35.7. The number of phenols is 2. The molecule has 1 amide bonds. The molecule has 0 fully saturated rings. The maximum Gasteiger partial charge on any atom is 0.348 e. The fourth-order valence-electron chi connectivity index (χ4n) is 6.87. The maximum absolute atomic E-state index is 13.9. The highest BCUT2D eigenvalue weighted by Crippen LogP contribution is 2.37. The molecule has 0 saturated carbocycles. The first kappa shape index (κ1) is 36.8. The smallest absolute Gasteiger partial charge is 0.348 e. The number of alkyl halides is 2. The Kier molecular flexibility index (Phi) is 10.9. The van der Waals surface area contributed by atoms with Crippen LogP contribution in [0.25, 0.3) is 39.0 Å². The van der Waals surface area contributed by atoms with Crippen LogP contribution in [0, 0.1) is 0 Å². The molecule has 1 atom stereocenters. The number of rotatable bonds is 14. The fourth-order valence-corrected chi connectivity index (χ4v) is 7.27. The van der Waals surface area contributed by atoms with Crippen molar-refractivity contribution in [3.63, 3.8) is 0 Å². The average molecular weight is 748 g/mol. The summed E-state index contributed by atoms with van der Waals surface area (Å²) in [5, 5.41) is 28.6. The Bertz CT molecular complexity index is 2280. The number of nitrogens with one attached hydrogen (secondary N) is 1. The molecular weight excluding hydrogens is 703 g/mol. The minimum absolute atomic E-state index is 0.00393. The van der Waals surface area contributed by atoms with Crippen LogP contribution in [0.1, 0.15) is 50.4 Å². The summed E-state index contributed by atoms with van der Waals surface area (Å²) in [6.45, 7) is 8.25. The van der Waals surface area contributed by atoms with E-state index >= 15 is 0 Å². The first-order valence-corrected chi connectivity index (χ1v) is 18.4. The van der Waals surface area contributed by atoms with Gasteiger partial charge in [0, 0.05) is 80.9 Å². The minimum Gasteiger partial charge on any atom is -0.508 e. The van der Waals surface area contributed by atoms with E-state index in [0.717, 1.165) is 33.4 Å². The van der Waals surface area contributed by atoms with Gasteiger partial charge >= 0.3 is 5.69 Å². The number of imidazole rings is 1. The van der Waals surface area contributed by atoms with Gasteiger partial charge in [-0.3, -0.25) is 4.79 Å². The number of hydrogen-bond acceptors (Lipinski definition) is 7. The summed E-state index contributed by atoms with van der Waals surface area (Å²) in [6.07, 6.45) is 2.56. The van der Waals surface area contributed by atoms with Gasteiger partial charge in [0.05, 0.1) is 28.2 Å². The summed E-state index contributed by atoms with van der Waals surface area (Å²) in [5.41, 5.74) is 4.77. The molecule has 3 aromatic heterocycles. The van der Waals surface area contributed by atoms with Crippen LogP contribution in [0.15, 0.2) is 65.6 Å². The Labute approximate surface area is 311 Å². The number of fused-ring (bicyclic) bond motifs is 2. The molecule has 14 heteroatoms. The number of phenolic OH excluding ortho intramolecular Hbond substituents is 2. The van der Waals surface area contributed by atoms with Crippen molar-refractivity contribution < 1.29 is 15.0 Å². The first-order chi connectivity index (χ1) is 25.0. The normalized spacial score (nSPS) is 12.3. The summed E-state index contributed by atoms with van der Waals surface area (Å²) in [6, 6.07) is 16.6. The molecule has 1 unspecified atom stereocenters. The van der Waals surface area contributed by atoms with E-state index in [0.29, 0.717) is 61.2 Å². The zero-order valence-electron chi connectivity index (χ0n) is 30.0. The van der Waals surface area contributed by atoms with Gasteiger partial charge in [0.2, 0.25) is 5.91 Å². The number of nitrogens with zero attached hydrogens (tertiary/aromatic N) is 7. The van der Waals surface area contributed by atoms with Gasteiger partial charge in [-0.25, -0.2) is 19.4 Å². The monoisotopic (exact) mass is 746 g/mol. The van der Waals surface area contributed by atoms with Crippen LogP contribution >= 0.6 is 23.2 Å². The predicted octanol–water partition coefficient (Wildman–Crippen LogP) is 6.54. The van der Waals surface area contributed by atoms with E-state index in [-0.39, 0.29) is 29.1 Å². The van der Waals surface area contributed by atoms with E-state index in [1.807, 2.05) is 88.1 Å². The number of likely N-dealkylation sites (N-methyl/N-ethyl adjacent to an activating group) is 1. The molecule has 3 N–H and O–H groups in total. The first-order valence-electron chi connectivity index (χ1n) is 17.4. The van der Waals surface area contributed by atoms with Crippen LogP contribution in [-0.2, 0) is 18.4 Å². The predicted molar refractivity (Wildman–Crippen MR) is 208 cm³/mol. The summed E-state index contributed by atoms with van der Waals surface area (Å²) in [5.74, 6) is 1.30. The topological polar surface area (TPSA) is 137 Å². The fraction of sp³-hybridized carbons (Fsp3) is 0.368. The number of carbonyl (C=O) groups excluding carboxylic acids is 1. The number of anilines is 1. The molecule has 12 nitrogen and oxygen atoms in total. The lowest BCUT2D eigenvalue weighted by Crippen LogP contribution is -2.35. The van der Waals surface area contributed by atoms with Crippen molar-refractivity contribution in [2.45, 2.75) is 45.6 Å². The van der Waals surface area contributed by atoms with Gasteiger partial charge in [-0.1, -0.05) is 20.8 Å². The van der Waals surface area contributed by atoms with Gasteiger partial charge in [-0.05, 0) is 66.4 Å². The lowest BCUT2D eigenvalue weighted by Gasteiger charge is -2.23. The quantitative estimate of drug-likeness (QED) is 0.108. The second kappa shape index (κ2) is 15.3. The van der Waals surface area contributed by atoms with Gasteiger partial charge in [-0.2, -0.15) is 5.10 Å². The van der Waals surface area contributed by atoms with Gasteiger partial charge in [0.15, 0.2) is 5.82 Å². The number of hydrogen-bond donors (Lipinski definition) is 3. The molecule has 0 radical (unpaired) electrons. The van der Waals surface area contributed by atoms with Gasteiger partial charge < -0.3 is 29.1 Å². The van der Waals surface area contributed by atoms with Crippen molar-refractivity contribution in [2.24, 2.45) is 7.05 Å². The van der Waals surface area contributed by atoms with E-state index in [9.17, 15) is 19.8 Å². The van der Waals surface area contributed by atoms with Crippen LogP contribution in [0.5, 0.6) is 11.5 Å². The van der Waals surface area contributed by atoms with E-state index in [2.05, 4.69) is 19.7 Å². The maximum atomic E-state index is 13.9. The van der Waals surface area contributed by atoms with Crippen LogP contribution in [0.4, 0.5) is 5.69 Å². The molecule has 52 heavy (non-hydrogen) atoms. The zero-order chi connectivity index (χ0) is 37.3. The third-order valence-corrected chi connectivity index (χ3v) is 10.1. The van der Waals surface area contributed by atoms with Crippen LogP contribution in [0.2, 0.25) is 0 Å². The number of aromatic nitrogens is 6. The molecule has 274 valence electrons. The molecule has 0 spiro atoms. The van der Waals surface area contributed by atoms with E-state index in [4.69, 9.17) is 28.2 Å². The molecule has 6 aromatic rings. The average Bonchev–Trinajstić information content (AvgIpc) is 3.81. The third-order valence-electron chi connectivity index (χ3n) is 9.74. The highest BCUT2D eigenvalue weighted by molar-refractivity contribution is 6.18. The van der Waals surface area contributed by atoms with Crippen LogP contribution < -0.4 is 10.6 Å². The Hall–Kier alpha value is -4.94. The van der Waals surface area contributed by atoms with E-state index < -0.39 is 11.6 Å². The van der Waals surface area contributed by atoms with E-state index in [1.165, 1.54) is 10.6 Å². The van der Waals surface area contributed by atoms with Crippen LogP contribution in [0.3, 0.4) is 0 Å². The number of benzene rings is 3. The summed E-state index contributed by atoms with van der Waals surface area (Å²) < 4.78 is 5.49. The van der Waals surface area contributed by atoms with Gasteiger partial charge in [0.1, 0.15) is 17.3 Å². The lowest BCUT2D eigenvalue weighted by atomic mass is 9.98. The van der Waals surface area contributed by atoms with Crippen molar-refractivity contribution in [3.8, 4) is 28.6 Å². The molecule has 3 aromatic carbocycles. The minimum atomic E-state index is -0.460. The highest BCUT2D eigenvalue weighted by atomic mass is 35.5. The molecule has 0 saturated heterocycles. The number of carbonyl (C=O) groups is 1. The molecule has 0 bridgehead atoms. The third kappa shape index (κ3) is 6.97. The summed E-state index contributed by atoms with van der Waals surface area (Å²) >= 11 is 12.1. The number of H-pyrrole nitrogens is 1. The summed E-state index contributed by atoms with van der Waals surface area (Å²) in [7, 11) is 3.77. The molecular formula is C38H44Cl2N8O4. The molecule has 6 rings (SSSR count). The van der Waals surface area contributed by atoms with Crippen molar-refractivity contribution in [1.29, 1.82) is 0 Å². The zero-order valence-corrected chi connectivity index (χ0v) is 31.5. The number of aromatic amines is 1. The standard InChI is InChI=1S/C38H44Cl2N8O4/c1-6-27(35-41-30-20-25(7-10-32(30)45(35)5)46(15-12-39)16-13-40)37(51)44(4)17-18-47-14-11-24-19-26(8-9-31(24)47)48-36(42-43-38(48)52)29-21-28(23(2)3)33(49)22-34(29)50/h7-11,14,19-23,27,49-50H,6,12-13,15-18H2,1-5H3,(H,43,52). The van der Waals surface area contributed by atoms with Gasteiger partial charge in [-0.15, -0.1) is 23.2 Å². The molecule has 3 heterocycles. The van der Waals surface area contributed by atoms with Crippen molar-refractivity contribution >= 4 is 56.7 Å². The van der Waals surface area contributed by atoms with Crippen molar-refractivity contribution in [3.05, 3.63) is 82.7 Å². The number of aryl methyl sites for hydroxylation is 1. The number of halogens is 2. The van der Waals surface area contributed by atoms with Crippen molar-refractivity contribution in [2.75, 3.05) is 43.3 Å². The highest BCUT2D eigenvalue weighted by Gasteiger charge is 2.27. The lowest BCUT2D eigenvalue weighted by molar-refractivity contribution is -0.131. The number of amides is 1. The van der Waals surface area contributed by atoms with Crippen LogP contribution in [-0.4, -0.2) is 88.3 Å². The molecule has 0 aliphatic rings.